The van der Waals surface area contributed by atoms with E-state index in [9.17, 15) is 0 Å². The minimum absolute atomic E-state index is 0.688. The van der Waals surface area contributed by atoms with E-state index in [0.29, 0.717) is 5.54 Å². The topological polar surface area (TPSA) is 0 Å². The second-order valence-corrected chi connectivity index (χ2v) is 40.2. The van der Waals surface area contributed by atoms with Crippen LogP contribution in [0.3, 0.4) is 0 Å². The van der Waals surface area contributed by atoms with Crippen LogP contribution in [-0.4, -0.2) is 35.5 Å². The average Bonchev–Trinajstić information content (AvgIpc) is 3.69. The molecular formula is C47H64Si4Zr. The van der Waals surface area contributed by atoms with Gasteiger partial charge in [-0.1, -0.05) is 128 Å². The molecule has 52 heavy (non-hydrogen) atoms. The molecule has 0 nitrogen and oxygen atoms in total. The first-order valence-electron chi connectivity index (χ1n) is 19.4. The molecule has 0 fully saturated rings. The van der Waals surface area contributed by atoms with Crippen LogP contribution in [0, 0.1) is 6.08 Å². The standard InChI is InChI=1S/C17H37Si4.C17H17.C13H10.Zr/c1-18(2,3)14-13-15(19(4,5)6)17(21(10,11)12)16(14)20(7,8)9;1-3-12-5-7-16-14(9-12)11-15-10-13(4-2)6-8-17(15)16;1-3-7-12(8-4-1)11-13-9-5-2-6-10-13;/h14H,1-12H3;5-11H,3-4H2,1-2H3;1-10H;/q2*-1;;+2. The molecule has 0 amide bonds. The third kappa shape index (κ3) is 10.5. The Bertz CT molecular complexity index is 1940. The Morgan fingerprint density at radius 1 is 0.577 bits per heavy atom. The predicted molar refractivity (Wildman–Crippen MR) is 243 cm³/mol. The summed E-state index contributed by atoms with van der Waals surface area (Å²) < 4.78 is 1.42. The first-order chi connectivity index (χ1) is 24.2. The van der Waals surface area contributed by atoms with Gasteiger partial charge in [0.15, 0.2) is 0 Å². The molecule has 1 aliphatic carbocycles. The summed E-state index contributed by atoms with van der Waals surface area (Å²) >= 11 is 1.46. The zero-order valence-electron chi connectivity index (χ0n) is 34.8. The second kappa shape index (κ2) is 17.1. The van der Waals surface area contributed by atoms with E-state index in [4.69, 9.17) is 0 Å². The van der Waals surface area contributed by atoms with Crippen LogP contribution in [0.5, 0.6) is 0 Å². The maximum atomic E-state index is 4.12. The Morgan fingerprint density at radius 3 is 1.33 bits per heavy atom. The predicted octanol–water partition coefficient (Wildman–Crippen LogP) is 14.0. The van der Waals surface area contributed by atoms with E-state index in [1.54, 1.807) is 5.20 Å². The molecule has 0 bridgehead atoms. The Balaban J connectivity index is 0.000000178. The fourth-order valence-corrected chi connectivity index (χ4v) is 22.3. The maximum absolute atomic E-state index is 4.12. The van der Waals surface area contributed by atoms with Gasteiger partial charge in [-0.15, -0.1) is 45.3 Å². The van der Waals surface area contributed by atoms with Gasteiger partial charge < -0.3 is 0 Å². The fourth-order valence-electron chi connectivity index (χ4n) is 7.33. The number of hydrogen-bond donors (Lipinski definition) is 0. The van der Waals surface area contributed by atoms with Crippen molar-refractivity contribution in [2.24, 2.45) is 0 Å². The number of allylic oxidation sites excluding steroid dienone is 4. The Labute approximate surface area is 336 Å². The molecule has 5 aromatic carbocycles. The quantitative estimate of drug-likeness (QED) is 0.108. The number of benzene rings is 4. The van der Waals surface area contributed by atoms with E-state index < -0.39 is 32.3 Å². The van der Waals surface area contributed by atoms with Gasteiger partial charge in [0.25, 0.3) is 0 Å². The first kappa shape index (κ1) is 42.6. The summed E-state index contributed by atoms with van der Waals surface area (Å²) in [5.74, 6) is 0. The Morgan fingerprint density at radius 2 is 1.00 bits per heavy atom. The summed E-state index contributed by atoms with van der Waals surface area (Å²) in [6.45, 7) is 34.9. The SMILES string of the molecule is CCc1ccc2c(c1)[cH-]c1cc(CC)ccc12.C[Si](C)(C)C1=[C-]C([Si](C)(C)C)C([Si](C)(C)C)=C1[Si](C)(C)C.[Zr+2]=[C](c1ccccc1)c1ccccc1. The van der Waals surface area contributed by atoms with E-state index in [0.717, 1.165) is 12.8 Å². The molecule has 0 aliphatic heterocycles. The molecule has 6 rings (SSSR count). The third-order valence-corrected chi connectivity index (χ3v) is 20.5. The summed E-state index contributed by atoms with van der Waals surface area (Å²) in [6, 6.07) is 37.1. The van der Waals surface area contributed by atoms with Gasteiger partial charge >= 0.3 is 99.2 Å². The number of rotatable bonds is 8. The van der Waals surface area contributed by atoms with E-state index in [1.165, 1.54) is 71.2 Å². The van der Waals surface area contributed by atoms with Gasteiger partial charge in [0, 0.05) is 16.1 Å². The van der Waals surface area contributed by atoms with Crippen LogP contribution in [0.1, 0.15) is 36.1 Å². The zero-order valence-corrected chi connectivity index (χ0v) is 41.3. The van der Waals surface area contributed by atoms with Crippen molar-refractivity contribution in [2.75, 3.05) is 0 Å². The Kier molecular flexibility index (Phi) is 14.0. The van der Waals surface area contributed by atoms with Crippen molar-refractivity contribution in [2.45, 2.75) is 111 Å². The molecule has 1 unspecified atom stereocenters. The number of aryl methyl sites for hydroxylation is 2. The first-order valence-corrected chi connectivity index (χ1v) is 34.7. The van der Waals surface area contributed by atoms with Crippen molar-refractivity contribution in [3.8, 4) is 0 Å². The summed E-state index contributed by atoms with van der Waals surface area (Å²) in [7, 11) is -5.18. The van der Waals surface area contributed by atoms with E-state index in [1.807, 2.05) is 10.4 Å². The van der Waals surface area contributed by atoms with Crippen molar-refractivity contribution < 1.29 is 24.2 Å². The van der Waals surface area contributed by atoms with Crippen LogP contribution in [0.15, 0.2) is 119 Å². The molecular weight excluding hydrogens is 768 g/mol. The summed E-state index contributed by atoms with van der Waals surface area (Å²) in [5, 5.41) is 11.0. The van der Waals surface area contributed by atoms with Crippen molar-refractivity contribution in [3.63, 3.8) is 0 Å². The fraction of sp³-hybridized carbons (Fsp3) is 0.362. The van der Waals surface area contributed by atoms with Gasteiger partial charge in [0.05, 0.1) is 8.07 Å². The average molecular weight is 833 g/mol. The van der Waals surface area contributed by atoms with Gasteiger partial charge in [-0.05, 0) is 20.9 Å². The molecule has 1 aliphatic rings. The molecule has 0 saturated carbocycles. The molecule has 1 atom stereocenters. The van der Waals surface area contributed by atoms with Gasteiger partial charge in [0.2, 0.25) is 0 Å². The normalized spacial score (nSPS) is 15.2. The van der Waals surface area contributed by atoms with Gasteiger partial charge in [-0.25, -0.2) is 10.4 Å². The van der Waals surface area contributed by atoms with Crippen molar-refractivity contribution >= 4 is 57.0 Å². The van der Waals surface area contributed by atoms with Gasteiger partial charge in [-0.2, -0.15) is 5.20 Å². The zero-order chi connectivity index (χ0) is 38.6. The van der Waals surface area contributed by atoms with E-state index >= 15 is 0 Å². The molecule has 0 N–H and O–H groups in total. The van der Waals surface area contributed by atoms with Crippen LogP contribution in [0.2, 0.25) is 84.1 Å². The molecule has 272 valence electrons. The van der Waals surface area contributed by atoms with Gasteiger partial charge in [0.1, 0.15) is 0 Å². The van der Waals surface area contributed by atoms with E-state index in [-0.39, 0.29) is 0 Å². The van der Waals surface area contributed by atoms with Crippen LogP contribution >= 0.6 is 0 Å². The Hall–Kier alpha value is -2.15. The monoisotopic (exact) mass is 830 g/mol. The van der Waals surface area contributed by atoms with Crippen LogP contribution < -0.4 is 0 Å². The molecule has 5 heteroatoms. The minimum atomic E-state index is -1.32. The summed E-state index contributed by atoms with van der Waals surface area (Å²) in [5.41, 5.74) is 6.19. The van der Waals surface area contributed by atoms with Crippen molar-refractivity contribution in [3.05, 3.63) is 147 Å². The van der Waals surface area contributed by atoms with Crippen LogP contribution in [-0.2, 0) is 37.1 Å². The van der Waals surface area contributed by atoms with Crippen LogP contribution in [0.25, 0.3) is 21.5 Å². The molecule has 0 heterocycles. The number of hydrogen-bond acceptors (Lipinski definition) is 0. The second-order valence-electron chi connectivity index (χ2n) is 18.7. The van der Waals surface area contributed by atoms with E-state index in [2.05, 4.69) is 202 Å². The third-order valence-electron chi connectivity index (χ3n) is 10.0. The van der Waals surface area contributed by atoms with Crippen molar-refractivity contribution in [1.82, 2.24) is 0 Å². The molecule has 0 saturated heterocycles. The summed E-state index contributed by atoms with van der Waals surface area (Å²) in [6.07, 6.45) is 6.34. The van der Waals surface area contributed by atoms with Crippen molar-refractivity contribution in [1.29, 1.82) is 0 Å². The molecule has 0 radical (unpaired) electrons. The molecule has 5 aromatic rings. The number of fused-ring (bicyclic) bond motifs is 3. The van der Waals surface area contributed by atoms with Crippen LogP contribution in [0.4, 0.5) is 0 Å². The summed E-state index contributed by atoms with van der Waals surface area (Å²) in [4.78, 5) is 0. The molecule has 0 aromatic heterocycles. The van der Waals surface area contributed by atoms with Gasteiger partial charge in [-0.3, -0.25) is 6.08 Å². The molecule has 0 spiro atoms.